The highest BCUT2D eigenvalue weighted by Gasteiger charge is 2.58. The first-order chi connectivity index (χ1) is 13.8. The lowest BCUT2D eigenvalue weighted by Crippen LogP contribution is -2.42. The number of hydrogen-bond acceptors (Lipinski definition) is 10. The van der Waals surface area contributed by atoms with Gasteiger partial charge in [-0.05, 0) is 6.92 Å². The number of rotatable bonds is 8. The largest absolute Gasteiger partial charge is 0.490 e. The van der Waals surface area contributed by atoms with E-state index in [2.05, 4.69) is 13.1 Å². The van der Waals surface area contributed by atoms with Gasteiger partial charge in [-0.3, -0.25) is 18.9 Å². The number of nitrogens with one attached hydrogen (secondary N) is 1. The minimum absolute atomic E-state index is 0.0538. The Morgan fingerprint density at radius 1 is 1.23 bits per heavy atom. The highest BCUT2D eigenvalue weighted by Crippen LogP contribution is 2.66. The van der Waals surface area contributed by atoms with Crippen LogP contribution in [0.1, 0.15) is 11.8 Å². The third-order valence-electron chi connectivity index (χ3n) is 3.60. The molecular weight excluding hydrogens is 519 g/mol. The van der Waals surface area contributed by atoms with E-state index in [0.29, 0.717) is 4.57 Å². The number of hydrogen-bond donors (Lipinski definition) is 6. The van der Waals surface area contributed by atoms with Crippen LogP contribution in [0.5, 0.6) is 0 Å². The molecule has 2 heterocycles. The first-order valence-corrected chi connectivity index (χ1v) is 12.6. The molecule has 2 rings (SSSR count). The summed E-state index contributed by atoms with van der Waals surface area (Å²) in [6.07, 6.45) is -5.34. The molecule has 31 heavy (non-hydrogen) atoms. The zero-order valence-corrected chi connectivity index (χ0v) is 18.4. The maximum atomic E-state index is 14.8. The Morgan fingerprint density at radius 3 is 2.35 bits per heavy atom. The first-order valence-electron chi connectivity index (χ1n) is 7.66. The molecule has 0 aromatic carbocycles. The second kappa shape index (κ2) is 8.88. The highest BCUT2D eigenvalue weighted by atomic mass is 35.5. The molecule has 1 aromatic heterocycles. The van der Waals surface area contributed by atoms with Crippen molar-refractivity contribution in [3.63, 3.8) is 0 Å². The van der Waals surface area contributed by atoms with Gasteiger partial charge in [0.05, 0.1) is 6.61 Å². The van der Waals surface area contributed by atoms with Crippen molar-refractivity contribution >= 4 is 35.1 Å². The van der Waals surface area contributed by atoms with Gasteiger partial charge in [0.15, 0.2) is 6.23 Å². The normalized spacial score (nSPS) is 30.6. The summed E-state index contributed by atoms with van der Waals surface area (Å²) < 4.78 is 65.1. The molecule has 2 unspecified atom stereocenters. The van der Waals surface area contributed by atoms with Crippen LogP contribution in [0, 0.1) is 6.92 Å². The van der Waals surface area contributed by atoms with Gasteiger partial charge in [0, 0.05) is 11.8 Å². The quantitative estimate of drug-likeness (QED) is 0.179. The molecule has 1 saturated heterocycles. The van der Waals surface area contributed by atoms with Gasteiger partial charge in [0.25, 0.3) is 10.7 Å². The van der Waals surface area contributed by atoms with Crippen molar-refractivity contribution in [3.05, 3.63) is 32.6 Å². The van der Waals surface area contributed by atoms with Crippen LogP contribution >= 0.6 is 35.1 Å². The number of phosphoric acid groups is 3. The van der Waals surface area contributed by atoms with Crippen molar-refractivity contribution in [2.45, 2.75) is 30.5 Å². The number of aliphatic hydroxyl groups excluding tert-OH is 1. The number of phosphoric ester groups is 1. The molecule has 0 radical (unpaired) electrons. The summed E-state index contributed by atoms with van der Waals surface area (Å²) in [5.41, 5.74) is -2.01. The van der Waals surface area contributed by atoms with Crippen LogP contribution in [0.2, 0.25) is 0 Å². The molecule has 16 nitrogen and oxygen atoms in total. The zero-order chi connectivity index (χ0) is 24.0. The second-order valence-electron chi connectivity index (χ2n) is 6.01. The number of aryl methyl sites for hydroxylation is 1. The van der Waals surface area contributed by atoms with Gasteiger partial charge < -0.3 is 29.4 Å². The fraction of sp³-hybridized carbons (Fsp3) is 0.600. The van der Waals surface area contributed by atoms with E-state index in [9.17, 15) is 37.7 Å². The predicted molar refractivity (Wildman–Crippen MR) is 95.5 cm³/mol. The van der Waals surface area contributed by atoms with E-state index >= 15 is 0 Å². The predicted octanol–water partition coefficient (Wildman–Crippen LogP) is -0.649. The van der Waals surface area contributed by atoms with Gasteiger partial charge in [0.1, 0.15) is 12.2 Å². The lowest BCUT2D eigenvalue weighted by molar-refractivity contribution is -0.0510. The van der Waals surface area contributed by atoms with Gasteiger partial charge in [-0.1, -0.05) is 11.6 Å². The Labute approximate surface area is 175 Å². The molecule has 0 spiro atoms. The summed E-state index contributed by atoms with van der Waals surface area (Å²) in [6.45, 7) is 0.0397. The first kappa shape index (κ1) is 26.5. The maximum Gasteiger partial charge on any atom is 0.490 e. The zero-order valence-electron chi connectivity index (χ0n) is 15.0. The SMILES string of the molecule is Cc1cn([C@@H]2O[C@H](COP(=O)(O)OP(=O)(O)OP(=O)(O)O)[C@@H](O)[C@]2(F)Cl)c(=O)[nH]c1=O. The van der Waals surface area contributed by atoms with Crippen LogP contribution < -0.4 is 11.2 Å². The maximum absolute atomic E-state index is 14.8. The molecule has 0 aliphatic carbocycles. The van der Waals surface area contributed by atoms with Gasteiger partial charge >= 0.3 is 29.2 Å². The van der Waals surface area contributed by atoms with E-state index in [0.717, 1.165) is 6.20 Å². The lowest BCUT2D eigenvalue weighted by atomic mass is 10.1. The fourth-order valence-corrected chi connectivity index (χ4v) is 5.66. The smallest absolute Gasteiger partial charge is 0.385 e. The van der Waals surface area contributed by atoms with Crippen molar-refractivity contribution in [1.82, 2.24) is 9.55 Å². The molecule has 6 N–H and O–H groups in total. The van der Waals surface area contributed by atoms with Crippen LogP contribution in [-0.4, -0.2) is 58.2 Å². The summed E-state index contributed by atoms with van der Waals surface area (Å²) in [5, 5.41) is 6.79. The van der Waals surface area contributed by atoms with Crippen LogP contribution in [-0.2, 0) is 31.6 Å². The fourth-order valence-electron chi connectivity index (χ4n) is 2.34. The summed E-state index contributed by atoms with van der Waals surface area (Å²) >= 11 is 5.60. The highest BCUT2D eigenvalue weighted by molar-refractivity contribution is 7.66. The number of alkyl halides is 2. The lowest BCUT2D eigenvalue weighted by Gasteiger charge is -2.22. The number of halogens is 2. The number of nitrogens with zero attached hydrogens (tertiary/aromatic N) is 1. The van der Waals surface area contributed by atoms with Gasteiger partial charge in [0.2, 0.25) is 0 Å². The average molecular weight is 535 g/mol. The number of aromatic amines is 1. The van der Waals surface area contributed by atoms with Gasteiger partial charge in [-0.25, -0.2) is 22.9 Å². The Morgan fingerprint density at radius 2 is 1.81 bits per heavy atom. The monoisotopic (exact) mass is 534 g/mol. The summed E-state index contributed by atoms with van der Waals surface area (Å²) in [5.74, 6) is 0. The number of H-pyrrole nitrogens is 1. The van der Waals surface area contributed by atoms with Crippen molar-refractivity contribution < 1.29 is 60.6 Å². The van der Waals surface area contributed by atoms with Crippen LogP contribution in [0.15, 0.2) is 15.8 Å². The summed E-state index contributed by atoms with van der Waals surface area (Å²) in [6, 6.07) is 0. The number of aromatic nitrogens is 2. The Kier molecular flexibility index (Phi) is 7.58. The van der Waals surface area contributed by atoms with Crippen molar-refractivity contribution in [2.24, 2.45) is 0 Å². The third kappa shape index (κ3) is 6.62. The second-order valence-corrected chi connectivity index (χ2v) is 11.0. The Bertz CT molecular complexity index is 1100. The standard InChI is InChI=1S/C10H15ClFN2O14P3/c1-4-2-14(9(17)13-7(4)16)8-10(11,12)6(15)5(26-8)3-25-30(21,22)28-31(23,24)27-29(18,19)20/h2,5-6,8,15H,3H2,1H3,(H,21,22)(H,23,24)(H,13,16,17)(H2,18,19,20)/t5-,6-,8-,10-/m1/s1. The Hall–Kier alpha value is -0.770. The molecule has 6 atom stereocenters. The van der Waals surface area contributed by atoms with Crippen LogP contribution in [0.3, 0.4) is 0 Å². The summed E-state index contributed by atoms with van der Waals surface area (Å²) in [4.78, 5) is 60.5. The summed E-state index contributed by atoms with van der Waals surface area (Å²) in [7, 11) is -17.0. The molecule has 0 saturated carbocycles. The van der Waals surface area contributed by atoms with E-state index in [1.165, 1.54) is 6.92 Å². The van der Waals surface area contributed by atoms with Crippen LogP contribution in [0.4, 0.5) is 4.39 Å². The van der Waals surface area contributed by atoms with Crippen molar-refractivity contribution in [1.29, 1.82) is 0 Å². The number of ether oxygens (including phenoxy) is 1. The van der Waals surface area contributed by atoms with E-state index in [1.54, 1.807) is 0 Å². The minimum Gasteiger partial charge on any atom is -0.385 e. The molecular formula is C10H15ClFN2O14P3. The van der Waals surface area contributed by atoms with Crippen molar-refractivity contribution in [3.8, 4) is 0 Å². The van der Waals surface area contributed by atoms with Crippen LogP contribution in [0.25, 0.3) is 0 Å². The van der Waals surface area contributed by atoms with E-state index < -0.39 is 64.9 Å². The molecule has 1 aliphatic heterocycles. The molecule has 1 aliphatic rings. The van der Waals surface area contributed by atoms with Crippen molar-refractivity contribution in [2.75, 3.05) is 6.61 Å². The molecule has 178 valence electrons. The van der Waals surface area contributed by atoms with E-state index in [4.69, 9.17) is 31.0 Å². The van der Waals surface area contributed by atoms with Gasteiger partial charge in [-0.15, -0.1) is 0 Å². The Balaban J connectivity index is 2.17. The third-order valence-corrected chi connectivity index (χ3v) is 7.81. The minimum atomic E-state index is -5.80. The molecule has 0 bridgehead atoms. The number of aliphatic hydroxyl groups is 1. The van der Waals surface area contributed by atoms with Gasteiger partial charge in [-0.2, -0.15) is 8.62 Å². The molecule has 1 fully saturated rings. The average Bonchev–Trinajstić information content (AvgIpc) is 2.76. The van der Waals surface area contributed by atoms with E-state index in [-0.39, 0.29) is 5.56 Å². The topological polar surface area (TPSA) is 244 Å². The van der Waals surface area contributed by atoms with E-state index in [1.807, 2.05) is 4.98 Å². The molecule has 21 heteroatoms. The molecule has 1 aromatic rings. The molecule has 0 amide bonds.